The predicted octanol–water partition coefficient (Wildman–Crippen LogP) is 7.64. The Hall–Kier alpha value is -4.84. The van der Waals surface area contributed by atoms with Gasteiger partial charge in [-0.05, 0) is 122 Å². The Morgan fingerprint density at radius 2 is 1.70 bits per heavy atom. The first kappa shape index (κ1) is 38.1. The fraction of sp³-hybridized carbons (Fsp3) is 0.523. The Kier molecular flexibility index (Phi) is 10.1. The summed E-state index contributed by atoms with van der Waals surface area (Å²) in [7, 11) is 0. The van der Waals surface area contributed by atoms with Gasteiger partial charge in [0.25, 0.3) is 5.91 Å². The van der Waals surface area contributed by atoms with E-state index in [4.69, 9.17) is 9.97 Å². The van der Waals surface area contributed by atoms with Gasteiger partial charge >= 0.3 is 0 Å². The molecule has 5 heterocycles. The van der Waals surface area contributed by atoms with E-state index in [1.165, 1.54) is 25.3 Å². The van der Waals surface area contributed by atoms with E-state index in [-0.39, 0.29) is 41.5 Å². The number of nitrogens with zero attached hydrogens (tertiary/aromatic N) is 6. The molecule has 11 nitrogen and oxygen atoms in total. The minimum Gasteiger partial charge on any atom is -0.350 e. The number of fused-ring (bicyclic) bond motifs is 3. The average Bonchev–Trinajstić information content (AvgIpc) is 3.70. The molecule has 1 saturated carbocycles. The van der Waals surface area contributed by atoms with Crippen LogP contribution in [0.4, 0.5) is 21.6 Å². The topological polar surface area (TPSA) is 116 Å². The second-order valence-electron chi connectivity index (χ2n) is 17.0. The summed E-state index contributed by atoms with van der Waals surface area (Å²) in [6.07, 6.45) is 9.12. The van der Waals surface area contributed by atoms with Gasteiger partial charge in [0.15, 0.2) is 5.82 Å². The second kappa shape index (κ2) is 14.9. The number of carbonyl (C=O) groups excluding carboxylic acids is 3. The molecular formula is C44H55FN8O3. The smallest absolute Gasteiger partial charge is 0.251 e. The van der Waals surface area contributed by atoms with Gasteiger partial charge in [-0.2, -0.15) is 0 Å². The van der Waals surface area contributed by atoms with E-state index in [0.717, 1.165) is 48.3 Å². The molecule has 12 heteroatoms. The van der Waals surface area contributed by atoms with Crippen LogP contribution in [0.5, 0.6) is 0 Å². The van der Waals surface area contributed by atoms with E-state index in [0.29, 0.717) is 66.5 Å². The number of anilines is 3. The molecule has 0 radical (unpaired) electrons. The highest BCUT2D eigenvalue weighted by Gasteiger charge is 2.55. The average molecular weight is 763 g/mol. The van der Waals surface area contributed by atoms with Crippen molar-refractivity contribution >= 4 is 45.9 Å². The summed E-state index contributed by atoms with van der Waals surface area (Å²) in [5, 5.41) is 6.18. The molecule has 2 saturated heterocycles. The highest BCUT2D eigenvalue weighted by molar-refractivity contribution is 6.09. The van der Waals surface area contributed by atoms with Gasteiger partial charge in [-0.1, -0.05) is 25.5 Å². The van der Waals surface area contributed by atoms with Gasteiger partial charge in [-0.15, -0.1) is 0 Å². The maximum atomic E-state index is 15.7. The molecule has 1 aliphatic carbocycles. The molecule has 4 aliphatic rings. The van der Waals surface area contributed by atoms with E-state index in [2.05, 4.69) is 46.4 Å². The molecule has 296 valence electrons. The Balaban J connectivity index is 1.19. The molecule has 8 rings (SSSR count). The number of imidazole rings is 1. The maximum absolute atomic E-state index is 15.7. The normalized spacial score (nSPS) is 20.9. The molecule has 2 aromatic heterocycles. The minimum absolute atomic E-state index is 0.0504. The van der Waals surface area contributed by atoms with Crippen LogP contribution in [0.3, 0.4) is 0 Å². The molecule has 2 N–H and O–H groups in total. The summed E-state index contributed by atoms with van der Waals surface area (Å²) in [6.45, 7) is 14.9. The monoisotopic (exact) mass is 762 g/mol. The summed E-state index contributed by atoms with van der Waals surface area (Å²) < 4.78 is 17.7. The Labute approximate surface area is 329 Å². The van der Waals surface area contributed by atoms with E-state index in [1.807, 2.05) is 42.4 Å². The molecule has 3 fully saturated rings. The maximum Gasteiger partial charge on any atom is 0.251 e. The molecule has 4 aromatic rings. The third-order valence-electron chi connectivity index (χ3n) is 12.7. The Morgan fingerprint density at radius 3 is 2.38 bits per heavy atom. The van der Waals surface area contributed by atoms with Crippen molar-refractivity contribution in [1.82, 2.24) is 29.7 Å². The van der Waals surface area contributed by atoms with E-state index >= 15 is 4.39 Å². The number of hydrogen-bond acceptors (Lipinski definition) is 7. The van der Waals surface area contributed by atoms with Crippen LogP contribution in [-0.2, 0) is 15.0 Å². The van der Waals surface area contributed by atoms with Crippen molar-refractivity contribution in [3.8, 4) is 11.3 Å². The van der Waals surface area contributed by atoms with Gasteiger partial charge in [0, 0.05) is 60.5 Å². The number of halogens is 1. The molecule has 0 unspecified atom stereocenters. The lowest BCUT2D eigenvalue weighted by molar-refractivity contribution is -0.135. The summed E-state index contributed by atoms with van der Waals surface area (Å²) in [4.78, 5) is 57.1. The number of aryl methyl sites for hydroxylation is 1. The van der Waals surface area contributed by atoms with Gasteiger partial charge in [0.05, 0.1) is 28.6 Å². The van der Waals surface area contributed by atoms with Gasteiger partial charge in [-0.25, -0.2) is 14.4 Å². The highest BCUT2D eigenvalue weighted by atomic mass is 19.1. The summed E-state index contributed by atoms with van der Waals surface area (Å²) in [6, 6.07) is 11.7. The van der Waals surface area contributed by atoms with Gasteiger partial charge in [-0.3, -0.25) is 14.4 Å². The second-order valence-corrected chi connectivity index (χ2v) is 17.0. The van der Waals surface area contributed by atoms with Crippen LogP contribution in [0.2, 0.25) is 0 Å². The fourth-order valence-electron chi connectivity index (χ4n) is 9.48. The Morgan fingerprint density at radius 1 is 0.964 bits per heavy atom. The molecule has 0 atom stereocenters. The first-order chi connectivity index (χ1) is 26.9. The molecule has 56 heavy (non-hydrogen) atoms. The molecule has 3 amide bonds. The zero-order chi connectivity index (χ0) is 39.5. The first-order valence-electron chi connectivity index (χ1n) is 20.6. The van der Waals surface area contributed by atoms with Crippen LogP contribution in [0, 0.1) is 12.7 Å². The number of piperidine rings is 2. The quantitative estimate of drug-likeness (QED) is 0.180. The van der Waals surface area contributed by atoms with Crippen LogP contribution < -0.4 is 15.5 Å². The number of pyridine rings is 1. The third-order valence-corrected chi connectivity index (χ3v) is 12.7. The van der Waals surface area contributed by atoms with Crippen molar-refractivity contribution in [3.05, 3.63) is 65.2 Å². The van der Waals surface area contributed by atoms with Crippen molar-refractivity contribution in [1.29, 1.82) is 0 Å². The van der Waals surface area contributed by atoms with Crippen LogP contribution in [0.15, 0.2) is 42.7 Å². The van der Waals surface area contributed by atoms with Gasteiger partial charge < -0.3 is 29.9 Å². The van der Waals surface area contributed by atoms with Gasteiger partial charge in [0.1, 0.15) is 11.3 Å². The summed E-state index contributed by atoms with van der Waals surface area (Å²) >= 11 is 0. The van der Waals surface area contributed by atoms with Gasteiger partial charge in [0.2, 0.25) is 11.8 Å². The number of likely N-dealkylation sites (tertiary alicyclic amines) is 2. The molecule has 2 aromatic carbocycles. The summed E-state index contributed by atoms with van der Waals surface area (Å²) in [5.74, 6) is -0.0585. The van der Waals surface area contributed by atoms with Crippen molar-refractivity contribution < 1.29 is 18.8 Å². The SMILES string of the molecule is CCC(=O)N1CCC2(CC1)C(=O)N([C@H]1C[C@@H](N3CCCCC3)C1)c1cc(-c3cc4ncn(C(C)C)c4c(Nc4cc(C(=O)NC(C)C)c(C)cc4F)n3)ccc12. The third kappa shape index (κ3) is 6.63. The zero-order valence-corrected chi connectivity index (χ0v) is 33.6. The van der Waals surface area contributed by atoms with E-state index in [9.17, 15) is 14.4 Å². The standard InChI is InChI=1S/C44H55FN8O3/c1-7-39(54)51-17-13-44(14-18-51)33-12-11-29(20-38(33)53(43(44)56)31-21-30(22-31)50-15-9-8-10-16-50)35-24-37-40(52(25-46-37)27(4)5)41(48-35)49-36-23-32(28(6)19-34(36)45)42(55)47-26(2)3/h11-12,19-20,23-27,30-31H,7-10,13-18,21-22H2,1-6H3,(H,47,55)(H,48,49)/t30-,31+. The van der Waals surface area contributed by atoms with Crippen molar-refractivity contribution in [2.24, 2.45) is 0 Å². The number of benzene rings is 2. The minimum atomic E-state index is -0.669. The van der Waals surface area contributed by atoms with E-state index < -0.39 is 11.2 Å². The molecule has 1 spiro atoms. The number of hydrogen-bond donors (Lipinski definition) is 2. The highest BCUT2D eigenvalue weighted by Crippen LogP contribution is 2.52. The van der Waals surface area contributed by atoms with Crippen LogP contribution in [0.1, 0.15) is 114 Å². The number of carbonyl (C=O) groups is 3. The first-order valence-corrected chi connectivity index (χ1v) is 20.6. The molecule has 0 bridgehead atoms. The zero-order valence-electron chi connectivity index (χ0n) is 33.6. The number of rotatable bonds is 9. The van der Waals surface area contributed by atoms with Crippen LogP contribution >= 0.6 is 0 Å². The van der Waals surface area contributed by atoms with Crippen molar-refractivity contribution in [2.75, 3.05) is 36.4 Å². The lowest BCUT2D eigenvalue weighted by Crippen LogP contribution is -2.58. The number of aromatic nitrogens is 3. The van der Waals surface area contributed by atoms with E-state index in [1.54, 1.807) is 19.3 Å². The molecule has 3 aliphatic heterocycles. The fourth-order valence-corrected chi connectivity index (χ4v) is 9.48. The lowest BCUT2D eigenvalue weighted by atomic mass is 9.73. The van der Waals surface area contributed by atoms with Crippen LogP contribution in [-0.4, -0.2) is 86.4 Å². The molecular weight excluding hydrogens is 708 g/mol. The lowest BCUT2D eigenvalue weighted by Gasteiger charge is -2.48. The number of nitrogens with one attached hydrogen (secondary N) is 2. The van der Waals surface area contributed by atoms with Crippen LogP contribution in [0.25, 0.3) is 22.3 Å². The van der Waals surface area contributed by atoms with Crippen molar-refractivity contribution in [2.45, 2.75) is 122 Å². The number of amides is 3. The Bertz CT molecular complexity index is 2180. The van der Waals surface area contributed by atoms with Crippen molar-refractivity contribution in [3.63, 3.8) is 0 Å². The summed E-state index contributed by atoms with van der Waals surface area (Å²) in [5.41, 5.74) is 5.24. The largest absolute Gasteiger partial charge is 0.350 e. The predicted molar refractivity (Wildman–Crippen MR) is 218 cm³/mol.